The fourth-order valence-electron chi connectivity index (χ4n) is 2.58. The smallest absolute Gasteiger partial charge is 0.239 e. The molecule has 1 aliphatic heterocycles. The zero-order chi connectivity index (χ0) is 13.8. The molecule has 2 unspecified atom stereocenters. The fraction of sp³-hybridized carbons (Fsp3) is 0.571. The van der Waals surface area contributed by atoms with Crippen molar-refractivity contribution in [2.24, 2.45) is 0 Å². The quantitative estimate of drug-likeness (QED) is 0.926. The summed E-state index contributed by atoms with van der Waals surface area (Å²) in [7, 11) is 0. The zero-order valence-electron chi connectivity index (χ0n) is 11.4. The molecule has 1 saturated heterocycles. The average Bonchev–Trinajstić information content (AvgIpc) is 2.37. The number of likely N-dealkylation sites (tertiary alicyclic amines) is 1. The number of hydrogen-bond acceptors (Lipinski definition) is 3. The highest BCUT2D eigenvalue weighted by Crippen LogP contribution is 2.22. The number of anilines is 1. The van der Waals surface area contributed by atoms with Crippen LogP contribution in [0.4, 0.5) is 5.82 Å². The van der Waals surface area contributed by atoms with E-state index in [0.717, 1.165) is 12.8 Å². The summed E-state index contributed by atoms with van der Waals surface area (Å²) in [5, 5.41) is 3.37. The van der Waals surface area contributed by atoms with E-state index in [4.69, 9.17) is 11.6 Å². The van der Waals surface area contributed by atoms with Crippen LogP contribution in [0, 0.1) is 0 Å². The van der Waals surface area contributed by atoms with Crippen molar-refractivity contribution in [2.75, 3.05) is 11.9 Å². The van der Waals surface area contributed by atoms with Crippen molar-refractivity contribution in [1.29, 1.82) is 0 Å². The van der Waals surface area contributed by atoms with Gasteiger partial charge in [0.2, 0.25) is 5.91 Å². The first-order valence-corrected chi connectivity index (χ1v) is 7.11. The first-order valence-electron chi connectivity index (χ1n) is 6.73. The number of amides is 1. The maximum absolute atomic E-state index is 12.0. The summed E-state index contributed by atoms with van der Waals surface area (Å²) in [4.78, 5) is 18.4. The Morgan fingerprint density at radius 2 is 2.11 bits per heavy atom. The molecule has 1 aromatic heterocycles. The Labute approximate surface area is 119 Å². The van der Waals surface area contributed by atoms with Gasteiger partial charge in [-0.1, -0.05) is 18.0 Å². The van der Waals surface area contributed by atoms with E-state index < -0.39 is 0 Å². The van der Waals surface area contributed by atoms with Gasteiger partial charge in [-0.25, -0.2) is 4.98 Å². The van der Waals surface area contributed by atoms with Gasteiger partial charge in [0.1, 0.15) is 5.82 Å². The van der Waals surface area contributed by atoms with Gasteiger partial charge in [-0.3, -0.25) is 9.69 Å². The largest absolute Gasteiger partial charge is 0.310 e. The number of nitrogens with one attached hydrogen (secondary N) is 1. The van der Waals surface area contributed by atoms with Crippen LogP contribution in [-0.4, -0.2) is 34.4 Å². The average molecular weight is 282 g/mol. The number of pyridine rings is 1. The third kappa shape index (κ3) is 3.91. The van der Waals surface area contributed by atoms with Crippen LogP contribution in [0.5, 0.6) is 0 Å². The van der Waals surface area contributed by atoms with E-state index in [-0.39, 0.29) is 5.91 Å². The molecule has 0 saturated carbocycles. The van der Waals surface area contributed by atoms with Gasteiger partial charge in [-0.2, -0.15) is 0 Å². The third-order valence-electron chi connectivity index (χ3n) is 3.70. The SMILES string of the molecule is CC1CCCC(C)N1CC(=O)Nc1ccc(Cl)cn1. The van der Waals surface area contributed by atoms with Crippen LogP contribution >= 0.6 is 11.6 Å². The molecule has 0 radical (unpaired) electrons. The Balaban J connectivity index is 1.91. The van der Waals surface area contributed by atoms with Gasteiger partial charge >= 0.3 is 0 Å². The highest BCUT2D eigenvalue weighted by atomic mass is 35.5. The topological polar surface area (TPSA) is 45.2 Å². The summed E-state index contributed by atoms with van der Waals surface area (Å²) in [5.74, 6) is 0.530. The van der Waals surface area contributed by atoms with E-state index in [9.17, 15) is 4.79 Å². The molecule has 4 nitrogen and oxygen atoms in total. The number of rotatable bonds is 3. The molecule has 2 rings (SSSR count). The summed E-state index contributed by atoms with van der Waals surface area (Å²) < 4.78 is 0. The first kappa shape index (κ1) is 14.3. The molecule has 0 aliphatic carbocycles. The number of aromatic nitrogens is 1. The molecule has 1 N–H and O–H groups in total. The number of carbonyl (C=O) groups excluding carboxylic acids is 1. The molecular formula is C14H20ClN3O. The molecule has 2 heterocycles. The van der Waals surface area contributed by atoms with E-state index in [2.05, 4.69) is 29.0 Å². The van der Waals surface area contributed by atoms with Crippen molar-refractivity contribution < 1.29 is 4.79 Å². The van der Waals surface area contributed by atoms with Crippen molar-refractivity contribution in [1.82, 2.24) is 9.88 Å². The molecular weight excluding hydrogens is 262 g/mol. The van der Waals surface area contributed by atoms with E-state index in [1.807, 2.05) is 0 Å². The first-order chi connectivity index (χ1) is 9.06. The lowest BCUT2D eigenvalue weighted by Gasteiger charge is -2.38. The lowest BCUT2D eigenvalue weighted by Crippen LogP contribution is -2.47. The lowest BCUT2D eigenvalue weighted by atomic mass is 9.97. The normalized spacial score (nSPS) is 24.2. The van der Waals surface area contributed by atoms with Gasteiger partial charge in [0, 0.05) is 18.3 Å². The summed E-state index contributed by atoms with van der Waals surface area (Å²) in [6, 6.07) is 4.36. The summed E-state index contributed by atoms with van der Waals surface area (Å²) in [5.41, 5.74) is 0. The van der Waals surface area contributed by atoms with Crippen molar-refractivity contribution in [2.45, 2.75) is 45.2 Å². The monoisotopic (exact) mass is 281 g/mol. The highest BCUT2D eigenvalue weighted by Gasteiger charge is 2.26. The van der Waals surface area contributed by atoms with Crippen LogP contribution in [0.15, 0.2) is 18.3 Å². The molecule has 1 fully saturated rings. The minimum Gasteiger partial charge on any atom is -0.310 e. The second-order valence-corrected chi connectivity index (χ2v) is 5.65. The van der Waals surface area contributed by atoms with Crippen molar-refractivity contribution >= 4 is 23.3 Å². The molecule has 104 valence electrons. The van der Waals surface area contributed by atoms with Crippen molar-refractivity contribution in [3.8, 4) is 0 Å². The van der Waals surface area contributed by atoms with Gasteiger partial charge < -0.3 is 5.32 Å². The van der Waals surface area contributed by atoms with Gasteiger partial charge in [-0.15, -0.1) is 0 Å². The van der Waals surface area contributed by atoms with Gasteiger partial charge in [0.15, 0.2) is 0 Å². The number of carbonyl (C=O) groups is 1. The van der Waals surface area contributed by atoms with Crippen molar-refractivity contribution in [3.05, 3.63) is 23.4 Å². The molecule has 0 aromatic carbocycles. The van der Waals surface area contributed by atoms with Crippen LogP contribution in [0.25, 0.3) is 0 Å². The molecule has 5 heteroatoms. The van der Waals surface area contributed by atoms with E-state index in [0.29, 0.717) is 29.5 Å². The van der Waals surface area contributed by atoms with Gasteiger partial charge in [0.25, 0.3) is 0 Å². The Hall–Kier alpha value is -1.13. The minimum absolute atomic E-state index is 0.0181. The Morgan fingerprint density at radius 1 is 1.42 bits per heavy atom. The number of hydrogen-bond donors (Lipinski definition) is 1. The predicted octanol–water partition coefficient (Wildman–Crippen LogP) is 2.94. The van der Waals surface area contributed by atoms with Crippen LogP contribution in [0.2, 0.25) is 5.02 Å². The second kappa shape index (κ2) is 6.35. The number of nitrogens with zero attached hydrogens (tertiary/aromatic N) is 2. The van der Waals surface area contributed by atoms with Gasteiger partial charge in [-0.05, 0) is 38.8 Å². The Bertz CT molecular complexity index is 425. The van der Waals surface area contributed by atoms with Crippen LogP contribution in [-0.2, 0) is 4.79 Å². The maximum Gasteiger partial charge on any atom is 0.239 e. The van der Waals surface area contributed by atoms with Crippen molar-refractivity contribution in [3.63, 3.8) is 0 Å². The van der Waals surface area contributed by atoms with E-state index >= 15 is 0 Å². The number of halogens is 1. The molecule has 0 bridgehead atoms. The van der Waals surface area contributed by atoms with Crippen LogP contribution in [0.3, 0.4) is 0 Å². The Morgan fingerprint density at radius 3 is 2.68 bits per heavy atom. The molecule has 1 amide bonds. The molecule has 1 aromatic rings. The molecule has 0 spiro atoms. The fourth-order valence-corrected chi connectivity index (χ4v) is 2.70. The standard InChI is InChI=1S/C14H20ClN3O/c1-10-4-3-5-11(2)18(10)9-14(19)17-13-7-6-12(15)8-16-13/h6-8,10-11H,3-5,9H2,1-2H3,(H,16,17,19). The maximum atomic E-state index is 12.0. The van der Waals surface area contributed by atoms with Gasteiger partial charge in [0.05, 0.1) is 11.6 Å². The Kier molecular flexibility index (Phi) is 4.77. The summed E-state index contributed by atoms with van der Waals surface area (Å²) >= 11 is 5.76. The highest BCUT2D eigenvalue weighted by molar-refractivity contribution is 6.30. The molecule has 19 heavy (non-hydrogen) atoms. The molecule has 2 atom stereocenters. The summed E-state index contributed by atoms with van der Waals surface area (Å²) in [6.45, 7) is 4.79. The predicted molar refractivity (Wildman–Crippen MR) is 77.4 cm³/mol. The molecule has 1 aliphatic rings. The van der Waals surface area contributed by atoms with E-state index in [1.54, 1.807) is 12.1 Å². The lowest BCUT2D eigenvalue weighted by molar-refractivity contribution is -0.118. The minimum atomic E-state index is -0.0181. The summed E-state index contributed by atoms with van der Waals surface area (Å²) in [6.07, 6.45) is 5.11. The van der Waals surface area contributed by atoms with Crippen LogP contribution < -0.4 is 5.32 Å². The second-order valence-electron chi connectivity index (χ2n) is 5.21. The van der Waals surface area contributed by atoms with Crippen LogP contribution in [0.1, 0.15) is 33.1 Å². The number of piperidine rings is 1. The van der Waals surface area contributed by atoms with E-state index in [1.165, 1.54) is 12.6 Å². The third-order valence-corrected chi connectivity index (χ3v) is 3.92. The zero-order valence-corrected chi connectivity index (χ0v) is 12.2.